The van der Waals surface area contributed by atoms with Crippen LogP contribution < -0.4 is 16.4 Å². The first kappa shape index (κ1) is 58.7. The van der Waals surface area contributed by atoms with Gasteiger partial charge < -0.3 is 40.9 Å². The van der Waals surface area contributed by atoms with Gasteiger partial charge in [0.1, 0.15) is 18.9 Å². The van der Waals surface area contributed by atoms with Gasteiger partial charge in [0, 0.05) is 55.0 Å². The van der Waals surface area contributed by atoms with Crippen molar-refractivity contribution in [3.63, 3.8) is 0 Å². The summed E-state index contributed by atoms with van der Waals surface area (Å²) in [6, 6.07) is 27.1. The largest absolute Gasteiger partial charge is 0.483 e. The molecule has 0 amide bonds. The van der Waals surface area contributed by atoms with E-state index in [1.165, 1.54) is 42.5 Å². The minimum atomic E-state index is -0.250. The number of likely N-dealkylation sites (tertiary alicyclic amines) is 1. The van der Waals surface area contributed by atoms with E-state index in [1.807, 2.05) is 93.9 Å². The smallest absolute Gasteiger partial charge is 0.290 e. The molecule has 0 aromatic heterocycles. The fourth-order valence-corrected chi connectivity index (χ4v) is 6.06. The first-order valence-corrected chi connectivity index (χ1v) is 21.4. The van der Waals surface area contributed by atoms with Crippen LogP contribution in [0.4, 0.5) is 11.4 Å². The predicted molar refractivity (Wildman–Crippen MR) is 254 cm³/mol. The SMILES string of the molecule is C/C=C\C.CC.CC.CCN.CN(C)CCCCC=O.CNc1ccc(C=O)cc1.O=CCCN1CCC2(CC1)CC(Nc1ccccc1-c1ccccc1)C2.O=CO. The number of aldehydes is 3. The third kappa shape index (κ3) is 29.3. The topological polar surface area (TPSA) is 145 Å². The van der Waals surface area contributed by atoms with Gasteiger partial charge in [0.25, 0.3) is 6.47 Å². The number of anilines is 2. The summed E-state index contributed by atoms with van der Waals surface area (Å²) in [6.45, 7) is 18.7. The van der Waals surface area contributed by atoms with Crippen molar-refractivity contribution in [1.29, 1.82) is 0 Å². The first-order chi connectivity index (χ1) is 28.7. The molecule has 0 atom stereocenters. The number of hydrogen-bond acceptors (Lipinski definition) is 9. The van der Waals surface area contributed by atoms with Crippen molar-refractivity contribution in [1.82, 2.24) is 9.80 Å². The van der Waals surface area contributed by atoms with Gasteiger partial charge in [-0.2, -0.15) is 0 Å². The number of piperidine rings is 1. The van der Waals surface area contributed by atoms with Gasteiger partial charge in [-0.25, -0.2) is 0 Å². The summed E-state index contributed by atoms with van der Waals surface area (Å²) in [5.74, 6) is 0. The van der Waals surface area contributed by atoms with E-state index in [2.05, 4.69) is 75.0 Å². The lowest BCUT2D eigenvalue weighted by Gasteiger charge is -2.52. The van der Waals surface area contributed by atoms with Crippen molar-refractivity contribution >= 4 is 36.7 Å². The zero-order valence-electron chi connectivity index (χ0n) is 38.3. The standard InChI is InChI=1S/C23H28N2O.C8H9NO.C7H15NO.C4H8.C2H7N.2C2H6.CH2O2/c26-16-6-13-25-14-11-23(12-15-25)17-20(18-23)24-22-10-5-4-9-21(22)19-7-2-1-3-8-19;1-9-8-4-2-7(6-10)3-5-8;1-8(2)6-4-3-5-7-9;1-3-4-2;1-2-3;2*1-2;2-1-3/h1-5,7-10,16,20,24H,6,11-15,17-18H2;2-6,9H,1H3;7H,3-6H2,1-2H3;3-4H,1-2H3;2-3H2,1H3;2*1-2H3;1H,(H,2,3)/b;;;4-3-;;;;. The van der Waals surface area contributed by atoms with Gasteiger partial charge in [-0.1, -0.05) is 95.3 Å². The van der Waals surface area contributed by atoms with Crippen LogP contribution in [0.5, 0.6) is 0 Å². The third-order valence-electron chi connectivity index (χ3n) is 9.06. The molecular formula is C49H81N5O5. The number of allylic oxidation sites excluding steroid dienone is 2. The molecule has 0 bridgehead atoms. The normalized spacial score (nSPS) is 13.2. The van der Waals surface area contributed by atoms with Gasteiger partial charge >= 0.3 is 0 Å². The van der Waals surface area contributed by atoms with Gasteiger partial charge in [-0.3, -0.25) is 9.59 Å². The number of unbranched alkanes of at least 4 members (excludes halogenated alkanes) is 2. The molecule has 2 aliphatic rings. The van der Waals surface area contributed by atoms with Crippen LogP contribution >= 0.6 is 0 Å². The van der Waals surface area contributed by atoms with Gasteiger partial charge in [0.15, 0.2) is 0 Å². The summed E-state index contributed by atoms with van der Waals surface area (Å²) >= 11 is 0. The number of carbonyl (C=O) groups is 4. The van der Waals surface area contributed by atoms with E-state index in [0.717, 1.165) is 70.1 Å². The number of hydrogen-bond donors (Lipinski definition) is 4. The Hall–Kier alpha value is -4.64. The zero-order chi connectivity index (χ0) is 45.2. The molecule has 0 radical (unpaired) electrons. The maximum atomic E-state index is 10.6. The highest BCUT2D eigenvalue weighted by Gasteiger charge is 2.45. The van der Waals surface area contributed by atoms with Crippen LogP contribution in [-0.2, 0) is 14.4 Å². The number of para-hydroxylation sites is 1. The predicted octanol–water partition coefficient (Wildman–Crippen LogP) is 10.4. The van der Waals surface area contributed by atoms with Crippen LogP contribution in [-0.4, -0.2) is 100 Å². The van der Waals surface area contributed by atoms with Crippen LogP contribution in [0.15, 0.2) is 91.0 Å². The second-order valence-corrected chi connectivity index (χ2v) is 13.6. The molecule has 1 saturated carbocycles. The van der Waals surface area contributed by atoms with Crippen molar-refractivity contribution in [2.75, 3.05) is 64.5 Å². The average molecular weight is 820 g/mol. The lowest BCUT2D eigenvalue weighted by atomic mass is 9.60. The van der Waals surface area contributed by atoms with Crippen molar-refractivity contribution in [2.45, 2.75) is 106 Å². The monoisotopic (exact) mass is 820 g/mol. The molecule has 5 N–H and O–H groups in total. The summed E-state index contributed by atoms with van der Waals surface area (Å²) in [6.07, 6.45) is 15.5. The van der Waals surface area contributed by atoms with E-state index in [0.29, 0.717) is 29.9 Å². The lowest BCUT2D eigenvalue weighted by molar-refractivity contribution is -0.123. The summed E-state index contributed by atoms with van der Waals surface area (Å²) in [5.41, 5.74) is 10.9. The van der Waals surface area contributed by atoms with E-state index in [4.69, 9.17) is 15.6 Å². The van der Waals surface area contributed by atoms with Crippen LogP contribution in [0, 0.1) is 5.41 Å². The van der Waals surface area contributed by atoms with Crippen LogP contribution in [0.3, 0.4) is 0 Å². The molecular weight excluding hydrogens is 739 g/mol. The Kier molecular flexibility index (Phi) is 41.3. The molecule has 3 aromatic carbocycles. The van der Waals surface area contributed by atoms with E-state index >= 15 is 0 Å². The number of nitrogens with one attached hydrogen (secondary N) is 2. The number of benzene rings is 3. The van der Waals surface area contributed by atoms with E-state index < -0.39 is 0 Å². The number of nitrogens with two attached hydrogens (primary N) is 1. The number of rotatable bonds is 13. The van der Waals surface area contributed by atoms with Crippen molar-refractivity contribution in [3.05, 3.63) is 96.6 Å². The first-order valence-electron chi connectivity index (χ1n) is 21.4. The maximum absolute atomic E-state index is 10.6. The fourth-order valence-electron chi connectivity index (χ4n) is 6.06. The number of carboxylic acid groups (broad SMARTS) is 1. The fraction of sp³-hybridized carbons (Fsp3) is 0.510. The maximum Gasteiger partial charge on any atom is 0.290 e. The Morgan fingerprint density at radius 3 is 1.76 bits per heavy atom. The van der Waals surface area contributed by atoms with Gasteiger partial charge in [0.2, 0.25) is 0 Å². The second-order valence-electron chi connectivity index (χ2n) is 13.6. The Morgan fingerprint density at radius 1 is 0.797 bits per heavy atom. The molecule has 1 aliphatic carbocycles. The highest BCUT2D eigenvalue weighted by Crippen LogP contribution is 2.50. The number of nitrogens with zero attached hydrogens (tertiary/aromatic N) is 2. The highest BCUT2D eigenvalue weighted by molar-refractivity contribution is 5.78. The zero-order valence-corrected chi connectivity index (χ0v) is 38.3. The van der Waals surface area contributed by atoms with Gasteiger partial charge in [0.05, 0.1) is 0 Å². The minimum absolute atomic E-state index is 0.250. The van der Waals surface area contributed by atoms with E-state index in [1.54, 1.807) is 12.1 Å². The van der Waals surface area contributed by atoms with Crippen molar-refractivity contribution in [2.24, 2.45) is 11.1 Å². The molecule has 3 aromatic rings. The Bertz CT molecular complexity index is 1410. The molecule has 332 valence electrons. The van der Waals surface area contributed by atoms with Crippen LogP contribution in [0.1, 0.15) is 110 Å². The Labute approximate surface area is 359 Å². The lowest BCUT2D eigenvalue weighted by Crippen LogP contribution is -2.51. The summed E-state index contributed by atoms with van der Waals surface area (Å²) in [4.78, 5) is 43.5. The summed E-state index contributed by atoms with van der Waals surface area (Å²) in [7, 11) is 5.93. The summed E-state index contributed by atoms with van der Waals surface area (Å²) < 4.78 is 0. The molecule has 5 rings (SSSR count). The van der Waals surface area contributed by atoms with E-state index in [-0.39, 0.29) is 6.47 Å². The Balaban J connectivity index is -0.000000786. The third-order valence-corrected chi connectivity index (χ3v) is 9.06. The molecule has 1 spiro atoms. The van der Waals surface area contributed by atoms with Crippen molar-refractivity contribution in [3.8, 4) is 11.1 Å². The molecule has 10 heteroatoms. The molecule has 1 saturated heterocycles. The molecule has 1 heterocycles. The molecule has 0 unspecified atom stereocenters. The quantitative estimate of drug-likeness (QED) is 0.0747. The van der Waals surface area contributed by atoms with Crippen LogP contribution in [0.2, 0.25) is 0 Å². The van der Waals surface area contributed by atoms with Crippen molar-refractivity contribution < 1.29 is 24.3 Å². The summed E-state index contributed by atoms with van der Waals surface area (Å²) in [5, 5.41) is 13.7. The molecule has 1 aliphatic heterocycles. The minimum Gasteiger partial charge on any atom is -0.483 e. The van der Waals surface area contributed by atoms with Gasteiger partial charge in [-0.05, 0) is 134 Å². The highest BCUT2D eigenvalue weighted by atomic mass is 16.3. The van der Waals surface area contributed by atoms with Gasteiger partial charge in [-0.15, -0.1) is 0 Å². The Morgan fingerprint density at radius 2 is 1.31 bits per heavy atom. The van der Waals surface area contributed by atoms with Crippen LogP contribution in [0.25, 0.3) is 11.1 Å². The molecule has 59 heavy (non-hydrogen) atoms. The number of carbonyl (C=O) groups excluding carboxylic acids is 3. The molecule has 10 nitrogen and oxygen atoms in total. The second kappa shape index (κ2) is 41.5. The average Bonchev–Trinajstić information content (AvgIpc) is 3.27. The molecule has 2 fully saturated rings. The van der Waals surface area contributed by atoms with E-state index in [9.17, 15) is 14.4 Å².